The van der Waals surface area contributed by atoms with Crippen molar-refractivity contribution >= 4 is 28.3 Å². The lowest BCUT2D eigenvalue weighted by atomic mass is 9.94. The number of anilines is 1. The van der Waals surface area contributed by atoms with E-state index in [1.54, 1.807) is 12.4 Å². The van der Waals surface area contributed by atoms with Crippen LogP contribution in [0.1, 0.15) is 52.7 Å². The van der Waals surface area contributed by atoms with Crippen LogP contribution < -0.4 is 10.7 Å². The van der Waals surface area contributed by atoms with Crippen LogP contribution in [-0.4, -0.2) is 30.9 Å². The normalized spacial score (nSPS) is 11.3. The van der Waals surface area contributed by atoms with E-state index in [0.717, 1.165) is 16.6 Å². The largest absolute Gasteiger partial charge is 0.461 e. The van der Waals surface area contributed by atoms with Crippen molar-refractivity contribution in [2.24, 2.45) is 0 Å². The van der Waals surface area contributed by atoms with Gasteiger partial charge in [0.2, 0.25) is 0 Å². The number of ether oxygens (including phenoxy) is 1. The van der Waals surface area contributed by atoms with E-state index in [4.69, 9.17) is 9.72 Å². The molecule has 8 heteroatoms. The maximum absolute atomic E-state index is 13.6. The summed E-state index contributed by atoms with van der Waals surface area (Å²) in [7, 11) is 0. The van der Waals surface area contributed by atoms with Gasteiger partial charge in [0.05, 0.1) is 5.69 Å². The van der Waals surface area contributed by atoms with Gasteiger partial charge in [-0.25, -0.2) is 9.97 Å². The lowest BCUT2D eigenvalue weighted by Crippen LogP contribution is -2.27. The Morgan fingerprint density at radius 1 is 1.10 bits per heavy atom. The predicted octanol–water partition coefficient (Wildman–Crippen LogP) is 6.51. The number of hydrogen-bond acceptors (Lipinski definition) is 6. The zero-order valence-corrected chi connectivity index (χ0v) is 23.5. The van der Waals surface area contributed by atoms with Gasteiger partial charge < -0.3 is 19.4 Å². The highest BCUT2D eigenvalue weighted by atomic mass is 16.5. The molecule has 2 N–H and O–H groups in total. The van der Waals surface area contributed by atoms with E-state index in [9.17, 15) is 9.59 Å². The van der Waals surface area contributed by atoms with Crippen LogP contribution in [0.2, 0.25) is 0 Å². The van der Waals surface area contributed by atoms with Gasteiger partial charge in [0.1, 0.15) is 6.61 Å². The van der Waals surface area contributed by atoms with Crippen LogP contribution in [0.5, 0.6) is 0 Å². The summed E-state index contributed by atoms with van der Waals surface area (Å²) in [6, 6.07) is 11.4. The second kappa shape index (κ2) is 11.1. The van der Waals surface area contributed by atoms with Crippen LogP contribution in [0.15, 0.2) is 66.0 Å². The maximum atomic E-state index is 13.6. The molecule has 0 spiro atoms. The molecule has 3 heterocycles. The minimum Gasteiger partial charge on any atom is -0.461 e. The Morgan fingerprint density at radius 2 is 1.85 bits per heavy atom. The summed E-state index contributed by atoms with van der Waals surface area (Å²) in [6.07, 6.45) is 7.20. The van der Waals surface area contributed by atoms with Gasteiger partial charge in [-0.05, 0) is 51.0 Å². The molecule has 0 aliphatic heterocycles. The Morgan fingerprint density at radius 3 is 2.56 bits per heavy atom. The number of carbonyl (C=O) groups excluding carboxylic acids is 1. The third-order valence-corrected chi connectivity index (χ3v) is 6.07. The van der Waals surface area contributed by atoms with Crippen molar-refractivity contribution in [3.05, 3.63) is 82.5 Å². The van der Waals surface area contributed by atoms with Crippen LogP contribution in [0, 0.1) is 6.92 Å². The highest BCUT2D eigenvalue weighted by Crippen LogP contribution is 2.33. The molecule has 8 nitrogen and oxygen atoms in total. The first-order valence-corrected chi connectivity index (χ1v) is 13.1. The van der Waals surface area contributed by atoms with Gasteiger partial charge in [-0.15, -0.1) is 0 Å². The number of imidazole rings is 1. The fourth-order valence-corrected chi connectivity index (χ4v) is 4.45. The highest BCUT2D eigenvalue weighted by Gasteiger charge is 2.20. The Bertz CT molecular complexity index is 1710. The zero-order chi connectivity index (χ0) is 28.3. The Kier molecular flexibility index (Phi) is 7.85. The van der Waals surface area contributed by atoms with Gasteiger partial charge in [-0.1, -0.05) is 38.1 Å². The number of carbonyl (C=O) groups is 1. The quantitative estimate of drug-likeness (QED) is 0.254. The molecule has 202 valence electrons. The first-order valence-electron chi connectivity index (χ1n) is 13.1. The maximum Gasteiger partial charge on any atom is 0.302 e. The van der Waals surface area contributed by atoms with E-state index in [-0.39, 0.29) is 17.6 Å². The predicted molar refractivity (Wildman–Crippen MR) is 157 cm³/mol. The van der Waals surface area contributed by atoms with Crippen LogP contribution >= 0.6 is 0 Å². The summed E-state index contributed by atoms with van der Waals surface area (Å²) in [4.78, 5) is 38.0. The molecule has 5 aromatic rings. The van der Waals surface area contributed by atoms with Crippen LogP contribution in [0.3, 0.4) is 0 Å². The first kappa shape index (κ1) is 27.6. The van der Waals surface area contributed by atoms with Crippen molar-refractivity contribution in [1.82, 2.24) is 19.4 Å². The molecule has 0 saturated heterocycles. The molecule has 0 amide bonds. The van der Waals surface area contributed by atoms with Gasteiger partial charge in [-0.3, -0.25) is 9.59 Å². The van der Waals surface area contributed by atoms with Gasteiger partial charge in [0, 0.05) is 64.8 Å². The number of rotatable bonds is 5. The smallest absolute Gasteiger partial charge is 0.302 e. The molecule has 0 fully saturated rings. The van der Waals surface area contributed by atoms with Crippen molar-refractivity contribution in [2.75, 3.05) is 5.32 Å². The summed E-state index contributed by atoms with van der Waals surface area (Å²) in [5.74, 6) is 0.231. The number of aromatic nitrogens is 4. The molecule has 39 heavy (non-hydrogen) atoms. The number of fused-ring (bicyclic) bond motifs is 2. The number of hydrogen-bond donors (Lipinski definition) is 2. The SMILES string of the molecule is CC.CC(=O)OCc1c(-c2cn3ccnc3c(NC(C)(C)C)n2)cccc1-c1c[nH]c2cc(C)ccc2c1=O. The van der Waals surface area contributed by atoms with Gasteiger partial charge in [-0.2, -0.15) is 0 Å². The fraction of sp³-hybridized carbons (Fsp3) is 0.290. The van der Waals surface area contributed by atoms with Crippen molar-refractivity contribution in [3.8, 4) is 22.4 Å². The first-order chi connectivity index (χ1) is 18.6. The molecule has 0 radical (unpaired) electrons. The molecule has 2 aromatic carbocycles. The second-order valence-electron chi connectivity index (χ2n) is 10.2. The Balaban J connectivity index is 0.00000172. The lowest BCUT2D eigenvalue weighted by molar-refractivity contribution is -0.142. The molecule has 0 atom stereocenters. The van der Waals surface area contributed by atoms with Crippen molar-refractivity contribution < 1.29 is 9.53 Å². The molecule has 0 unspecified atom stereocenters. The minimum atomic E-state index is -0.406. The number of H-pyrrole nitrogens is 1. The van der Waals surface area contributed by atoms with E-state index < -0.39 is 5.97 Å². The van der Waals surface area contributed by atoms with E-state index in [1.165, 1.54) is 6.92 Å². The Labute approximate surface area is 228 Å². The second-order valence-corrected chi connectivity index (χ2v) is 10.2. The fourth-order valence-electron chi connectivity index (χ4n) is 4.45. The molecule has 0 aliphatic carbocycles. The summed E-state index contributed by atoms with van der Waals surface area (Å²) in [5.41, 5.74) is 5.51. The molecule has 0 saturated carbocycles. The number of nitrogens with one attached hydrogen (secondary N) is 2. The molecule has 0 aliphatic rings. The highest BCUT2D eigenvalue weighted by molar-refractivity contribution is 5.86. The number of nitrogens with zero attached hydrogens (tertiary/aromatic N) is 3. The van der Waals surface area contributed by atoms with E-state index in [2.05, 4.69) is 36.1 Å². The van der Waals surface area contributed by atoms with Crippen LogP contribution in [0.25, 0.3) is 38.9 Å². The number of aromatic amines is 1. The van der Waals surface area contributed by atoms with E-state index in [1.807, 2.05) is 74.0 Å². The number of benzene rings is 2. The number of esters is 1. The van der Waals surface area contributed by atoms with E-state index in [0.29, 0.717) is 39.2 Å². The van der Waals surface area contributed by atoms with Gasteiger partial charge in [0.25, 0.3) is 0 Å². The average molecular weight is 526 g/mol. The molecule has 0 bridgehead atoms. The summed E-state index contributed by atoms with van der Waals surface area (Å²) in [5, 5.41) is 4.03. The topological polar surface area (TPSA) is 101 Å². The van der Waals surface area contributed by atoms with Crippen molar-refractivity contribution in [1.29, 1.82) is 0 Å². The minimum absolute atomic E-state index is 0.00209. The van der Waals surface area contributed by atoms with Crippen molar-refractivity contribution in [3.63, 3.8) is 0 Å². The molecular weight excluding hydrogens is 490 g/mol. The summed E-state index contributed by atoms with van der Waals surface area (Å²) >= 11 is 0. The van der Waals surface area contributed by atoms with Gasteiger partial charge in [0.15, 0.2) is 16.9 Å². The van der Waals surface area contributed by atoms with E-state index >= 15 is 0 Å². The zero-order valence-electron chi connectivity index (χ0n) is 23.5. The lowest BCUT2D eigenvalue weighted by Gasteiger charge is -2.22. The molecule has 5 rings (SSSR count). The molecular formula is C31H35N5O3. The summed E-state index contributed by atoms with van der Waals surface area (Å²) in [6.45, 7) is 13.5. The van der Waals surface area contributed by atoms with Crippen LogP contribution in [-0.2, 0) is 16.1 Å². The third kappa shape index (κ3) is 5.85. The van der Waals surface area contributed by atoms with Crippen molar-refractivity contribution in [2.45, 2.75) is 60.6 Å². The third-order valence-electron chi connectivity index (χ3n) is 6.07. The summed E-state index contributed by atoms with van der Waals surface area (Å²) < 4.78 is 7.37. The Hall–Kier alpha value is -4.46. The number of aryl methyl sites for hydroxylation is 1. The standard InChI is InChI=1S/C29H29N5O3.C2H6/c1-17-9-10-21-24(13-17)31-14-22(26(21)36)19-7-6-8-20(23(19)16-37-18(2)35)25-15-34-12-11-30-28(34)27(32-25)33-29(3,4)5;1-2/h6-15H,16H2,1-5H3,(H,31,36)(H,32,33);1-2H3. The van der Waals surface area contributed by atoms with Crippen LogP contribution in [0.4, 0.5) is 5.82 Å². The van der Waals surface area contributed by atoms with Gasteiger partial charge >= 0.3 is 5.97 Å². The monoisotopic (exact) mass is 525 g/mol. The average Bonchev–Trinajstić information content (AvgIpc) is 3.37. The molecule has 3 aromatic heterocycles. The number of pyridine rings is 1.